The SMILES string of the molecule is CCC(C)(CCCl)NC(=O)Cc1ccc(OC)c(OC)c1. The van der Waals surface area contributed by atoms with Crippen LogP contribution in [0.1, 0.15) is 32.3 Å². The van der Waals surface area contributed by atoms with Gasteiger partial charge in [0, 0.05) is 11.4 Å². The average molecular weight is 314 g/mol. The number of hydrogen-bond donors (Lipinski definition) is 1. The highest BCUT2D eigenvalue weighted by Gasteiger charge is 2.23. The predicted molar refractivity (Wildman–Crippen MR) is 85.4 cm³/mol. The van der Waals surface area contributed by atoms with Crippen molar-refractivity contribution in [2.75, 3.05) is 20.1 Å². The molecule has 118 valence electrons. The zero-order chi connectivity index (χ0) is 15.9. The molecule has 0 fully saturated rings. The van der Waals surface area contributed by atoms with Gasteiger partial charge in [-0.2, -0.15) is 0 Å². The van der Waals surface area contributed by atoms with E-state index in [0.29, 0.717) is 23.8 Å². The summed E-state index contributed by atoms with van der Waals surface area (Å²) in [7, 11) is 3.17. The van der Waals surface area contributed by atoms with E-state index in [9.17, 15) is 4.79 Å². The van der Waals surface area contributed by atoms with Crippen molar-refractivity contribution in [1.29, 1.82) is 0 Å². The van der Waals surface area contributed by atoms with Crippen LogP contribution >= 0.6 is 11.6 Å². The molecule has 0 saturated heterocycles. The summed E-state index contributed by atoms with van der Waals surface area (Å²) in [5, 5.41) is 3.06. The van der Waals surface area contributed by atoms with Gasteiger partial charge in [-0.15, -0.1) is 11.6 Å². The molecule has 1 aromatic carbocycles. The monoisotopic (exact) mass is 313 g/mol. The van der Waals surface area contributed by atoms with Crippen molar-refractivity contribution in [2.45, 2.75) is 38.6 Å². The Morgan fingerprint density at radius 2 is 1.95 bits per heavy atom. The summed E-state index contributed by atoms with van der Waals surface area (Å²) in [4.78, 5) is 12.2. The molecule has 0 aliphatic heterocycles. The summed E-state index contributed by atoms with van der Waals surface area (Å²) in [5.74, 6) is 1.79. The molecule has 0 radical (unpaired) electrons. The maximum absolute atomic E-state index is 12.2. The molecule has 5 heteroatoms. The first-order chi connectivity index (χ1) is 9.97. The lowest BCUT2D eigenvalue weighted by Gasteiger charge is -2.29. The number of benzene rings is 1. The van der Waals surface area contributed by atoms with Crippen molar-refractivity contribution < 1.29 is 14.3 Å². The van der Waals surface area contributed by atoms with Crippen LogP contribution in [0.2, 0.25) is 0 Å². The molecule has 0 heterocycles. The van der Waals surface area contributed by atoms with Gasteiger partial charge in [-0.05, 0) is 37.5 Å². The van der Waals surface area contributed by atoms with Gasteiger partial charge < -0.3 is 14.8 Å². The Balaban J connectivity index is 2.74. The van der Waals surface area contributed by atoms with Crippen LogP contribution in [0.25, 0.3) is 0 Å². The van der Waals surface area contributed by atoms with Crippen LogP contribution in [0.3, 0.4) is 0 Å². The molecule has 0 saturated carbocycles. The van der Waals surface area contributed by atoms with E-state index in [1.807, 2.05) is 26.0 Å². The fourth-order valence-corrected chi connectivity index (χ4v) is 2.51. The van der Waals surface area contributed by atoms with Gasteiger partial charge >= 0.3 is 0 Å². The first-order valence-corrected chi connectivity index (χ1v) is 7.59. The van der Waals surface area contributed by atoms with Crippen molar-refractivity contribution in [2.24, 2.45) is 0 Å². The molecular weight excluding hydrogens is 290 g/mol. The second kappa shape index (κ2) is 8.13. The number of halogens is 1. The number of nitrogens with one attached hydrogen (secondary N) is 1. The van der Waals surface area contributed by atoms with E-state index in [4.69, 9.17) is 21.1 Å². The van der Waals surface area contributed by atoms with Crippen molar-refractivity contribution >= 4 is 17.5 Å². The molecule has 1 amide bonds. The lowest BCUT2D eigenvalue weighted by atomic mass is 9.95. The molecule has 4 nitrogen and oxygen atoms in total. The smallest absolute Gasteiger partial charge is 0.224 e. The highest BCUT2D eigenvalue weighted by molar-refractivity contribution is 6.17. The predicted octanol–water partition coefficient (Wildman–Crippen LogP) is 3.16. The van der Waals surface area contributed by atoms with Gasteiger partial charge in [0.25, 0.3) is 0 Å². The topological polar surface area (TPSA) is 47.6 Å². The van der Waals surface area contributed by atoms with Crippen LogP contribution < -0.4 is 14.8 Å². The van der Waals surface area contributed by atoms with Gasteiger partial charge in [0.2, 0.25) is 5.91 Å². The lowest BCUT2D eigenvalue weighted by molar-refractivity contribution is -0.122. The highest BCUT2D eigenvalue weighted by Crippen LogP contribution is 2.27. The third-order valence-electron chi connectivity index (χ3n) is 3.68. The summed E-state index contributed by atoms with van der Waals surface area (Å²) in [6, 6.07) is 5.49. The molecule has 1 unspecified atom stereocenters. The minimum atomic E-state index is -0.255. The molecule has 1 aromatic rings. The van der Waals surface area contributed by atoms with Gasteiger partial charge in [-0.25, -0.2) is 0 Å². The maximum Gasteiger partial charge on any atom is 0.224 e. The largest absolute Gasteiger partial charge is 0.493 e. The normalized spacial score (nSPS) is 13.4. The molecule has 1 N–H and O–H groups in total. The Morgan fingerprint density at radius 3 is 2.48 bits per heavy atom. The summed E-state index contributed by atoms with van der Waals surface area (Å²) < 4.78 is 10.4. The second-order valence-electron chi connectivity index (χ2n) is 5.27. The van der Waals surface area contributed by atoms with Gasteiger partial charge in [-0.3, -0.25) is 4.79 Å². The van der Waals surface area contributed by atoms with Crippen LogP contribution in [0.4, 0.5) is 0 Å². The quantitative estimate of drug-likeness (QED) is 0.750. The van der Waals surface area contributed by atoms with E-state index in [1.165, 1.54) is 0 Å². The van der Waals surface area contributed by atoms with Crippen LogP contribution in [-0.2, 0) is 11.2 Å². The zero-order valence-corrected chi connectivity index (χ0v) is 13.9. The Hall–Kier alpha value is -1.42. The maximum atomic E-state index is 12.2. The van der Waals surface area contributed by atoms with Crippen molar-refractivity contribution in [3.8, 4) is 11.5 Å². The van der Waals surface area contributed by atoms with Gasteiger partial charge in [0.05, 0.1) is 20.6 Å². The highest BCUT2D eigenvalue weighted by atomic mass is 35.5. The number of amides is 1. The van der Waals surface area contributed by atoms with Gasteiger partial charge in [0.1, 0.15) is 0 Å². The van der Waals surface area contributed by atoms with E-state index in [1.54, 1.807) is 20.3 Å². The number of alkyl halides is 1. The summed E-state index contributed by atoms with van der Waals surface area (Å²) in [6.07, 6.45) is 1.90. The van der Waals surface area contributed by atoms with Crippen LogP contribution in [0.5, 0.6) is 11.5 Å². The molecule has 1 rings (SSSR count). The standard InChI is InChI=1S/C16H24ClNO3/c1-5-16(2,8-9-17)18-15(19)11-12-6-7-13(20-3)14(10-12)21-4/h6-7,10H,5,8-9,11H2,1-4H3,(H,18,19). The van der Waals surface area contributed by atoms with E-state index in [0.717, 1.165) is 18.4 Å². The molecule has 0 bridgehead atoms. The van der Waals surface area contributed by atoms with E-state index >= 15 is 0 Å². The minimum absolute atomic E-state index is 0.0170. The Bertz CT molecular complexity index is 479. The van der Waals surface area contributed by atoms with Crippen LogP contribution in [0.15, 0.2) is 18.2 Å². The van der Waals surface area contributed by atoms with Crippen molar-refractivity contribution in [1.82, 2.24) is 5.32 Å². The number of ether oxygens (including phenoxy) is 2. The summed E-state index contributed by atoms with van der Waals surface area (Å²) in [6.45, 7) is 4.06. The van der Waals surface area contributed by atoms with Crippen molar-refractivity contribution in [3.63, 3.8) is 0 Å². The first-order valence-electron chi connectivity index (χ1n) is 7.06. The number of carbonyl (C=O) groups is 1. The number of hydrogen-bond acceptors (Lipinski definition) is 3. The number of methoxy groups -OCH3 is 2. The van der Waals surface area contributed by atoms with Crippen molar-refractivity contribution in [3.05, 3.63) is 23.8 Å². The lowest BCUT2D eigenvalue weighted by Crippen LogP contribution is -2.46. The van der Waals surface area contributed by atoms with Gasteiger partial charge in [0.15, 0.2) is 11.5 Å². The number of rotatable bonds is 8. The Labute approximate surface area is 131 Å². The van der Waals surface area contributed by atoms with E-state index < -0.39 is 0 Å². The molecule has 0 aliphatic rings. The molecule has 0 aliphatic carbocycles. The average Bonchev–Trinajstić information content (AvgIpc) is 2.47. The fraction of sp³-hybridized carbons (Fsp3) is 0.562. The van der Waals surface area contributed by atoms with E-state index in [2.05, 4.69) is 5.32 Å². The third-order valence-corrected chi connectivity index (χ3v) is 3.87. The minimum Gasteiger partial charge on any atom is -0.493 e. The van der Waals surface area contributed by atoms with E-state index in [-0.39, 0.29) is 11.4 Å². The zero-order valence-electron chi connectivity index (χ0n) is 13.2. The van der Waals surface area contributed by atoms with Crippen LogP contribution in [0, 0.1) is 0 Å². The third kappa shape index (κ3) is 5.12. The molecular formula is C16H24ClNO3. The first kappa shape index (κ1) is 17.6. The Morgan fingerprint density at radius 1 is 1.29 bits per heavy atom. The second-order valence-corrected chi connectivity index (χ2v) is 5.65. The molecule has 21 heavy (non-hydrogen) atoms. The summed E-state index contributed by atoms with van der Waals surface area (Å²) >= 11 is 5.80. The Kier molecular flexibility index (Phi) is 6.82. The van der Waals surface area contributed by atoms with Gasteiger partial charge in [-0.1, -0.05) is 13.0 Å². The fourth-order valence-electron chi connectivity index (χ4n) is 2.09. The molecule has 0 aromatic heterocycles. The summed E-state index contributed by atoms with van der Waals surface area (Å²) in [5.41, 5.74) is 0.629. The molecule has 1 atom stereocenters. The van der Waals surface area contributed by atoms with Crippen LogP contribution in [-0.4, -0.2) is 31.5 Å². The number of carbonyl (C=O) groups excluding carboxylic acids is 1. The molecule has 0 spiro atoms.